The van der Waals surface area contributed by atoms with E-state index in [-0.39, 0.29) is 23.3 Å². The van der Waals surface area contributed by atoms with Gasteiger partial charge in [-0.15, -0.1) is 0 Å². The number of hydrogen-bond acceptors (Lipinski definition) is 6. The molecule has 1 aliphatic rings. The fourth-order valence-electron chi connectivity index (χ4n) is 2.32. The molecule has 0 bridgehead atoms. The lowest BCUT2D eigenvalue weighted by Gasteiger charge is -2.33. The number of nitro groups is 1. The molecule has 7 heteroatoms. The van der Waals surface area contributed by atoms with Gasteiger partial charge in [0.15, 0.2) is 0 Å². The Morgan fingerprint density at radius 2 is 2.33 bits per heavy atom. The van der Waals surface area contributed by atoms with Crippen LogP contribution < -0.4 is 10.2 Å². The fourth-order valence-corrected chi connectivity index (χ4v) is 2.32. The summed E-state index contributed by atoms with van der Waals surface area (Å²) in [4.78, 5) is 12.7. The first-order valence-electron chi connectivity index (χ1n) is 7.14. The van der Waals surface area contributed by atoms with Crippen molar-refractivity contribution < 1.29 is 14.8 Å². The van der Waals surface area contributed by atoms with Crippen LogP contribution in [0.15, 0.2) is 18.2 Å². The predicted octanol–water partition coefficient (Wildman–Crippen LogP) is 1.61. The summed E-state index contributed by atoms with van der Waals surface area (Å²) in [7, 11) is 0. The molecule has 0 saturated carbocycles. The van der Waals surface area contributed by atoms with E-state index in [0.717, 1.165) is 24.3 Å². The summed E-state index contributed by atoms with van der Waals surface area (Å²) in [6.07, 6.45) is 0.701. The van der Waals surface area contributed by atoms with Crippen molar-refractivity contribution in [3.8, 4) is 0 Å². The van der Waals surface area contributed by atoms with Crippen LogP contribution in [-0.4, -0.2) is 49.0 Å². The van der Waals surface area contributed by atoms with Crippen molar-refractivity contribution >= 4 is 17.1 Å². The molecular formula is C14H21N3O4. The molecule has 0 aromatic heterocycles. The molecule has 2 rings (SSSR count). The minimum absolute atomic E-state index is 0.0492. The van der Waals surface area contributed by atoms with Crippen LogP contribution >= 0.6 is 0 Å². The standard InChI is InChI=1S/C14H21N3O4/c1-2-3-15-11-6-12(8-13(7-11)17(19)20)16-4-5-21-14(9-16)10-18/h6-8,14-15,18H,2-5,9-10H2,1H3. The molecule has 1 saturated heterocycles. The third-order valence-electron chi connectivity index (χ3n) is 3.40. The number of nitro benzene ring substituents is 1. The van der Waals surface area contributed by atoms with Gasteiger partial charge < -0.3 is 20.1 Å². The quantitative estimate of drug-likeness (QED) is 0.612. The maximum atomic E-state index is 11.1. The van der Waals surface area contributed by atoms with E-state index in [0.29, 0.717) is 19.7 Å². The molecule has 1 aliphatic heterocycles. The van der Waals surface area contributed by atoms with E-state index in [2.05, 4.69) is 5.32 Å². The Kier molecular flexibility index (Phi) is 5.35. The van der Waals surface area contributed by atoms with Crippen molar-refractivity contribution in [1.82, 2.24) is 0 Å². The molecular weight excluding hydrogens is 274 g/mol. The third-order valence-corrected chi connectivity index (χ3v) is 3.40. The number of nitrogens with one attached hydrogen (secondary N) is 1. The third kappa shape index (κ3) is 4.05. The predicted molar refractivity (Wildman–Crippen MR) is 80.9 cm³/mol. The highest BCUT2D eigenvalue weighted by molar-refractivity contribution is 5.64. The van der Waals surface area contributed by atoms with Crippen LogP contribution in [0.1, 0.15) is 13.3 Å². The first kappa shape index (κ1) is 15.5. The molecule has 7 nitrogen and oxygen atoms in total. The number of benzene rings is 1. The Bertz CT molecular complexity index is 495. The van der Waals surface area contributed by atoms with Crippen LogP contribution in [-0.2, 0) is 4.74 Å². The van der Waals surface area contributed by atoms with Gasteiger partial charge in [0, 0.05) is 43.1 Å². The normalized spacial score (nSPS) is 18.6. The lowest BCUT2D eigenvalue weighted by molar-refractivity contribution is -0.384. The number of nitrogens with zero attached hydrogens (tertiary/aromatic N) is 2. The molecule has 1 aromatic rings. The second-order valence-corrected chi connectivity index (χ2v) is 5.04. The van der Waals surface area contributed by atoms with E-state index >= 15 is 0 Å². The highest BCUT2D eigenvalue weighted by atomic mass is 16.6. The molecule has 116 valence electrons. The second-order valence-electron chi connectivity index (χ2n) is 5.04. The SMILES string of the molecule is CCCNc1cc(N2CCOC(CO)C2)cc([N+](=O)[O-])c1. The van der Waals surface area contributed by atoms with Crippen molar-refractivity contribution in [2.24, 2.45) is 0 Å². The number of anilines is 2. The Balaban J connectivity index is 2.24. The summed E-state index contributed by atoms with van der Waals surface area (Å²) >= 11 is 0. The minimum atomic E-state index is -0.384. The highest BCUT2D eigenvalue weighted by Crippen LogP contribution is 2.28. The number of ether oxygens (including phenoxy) is 1. The summed E-state index contributed by atoms with van der Waals surface area (Å²) in [5, 5.41) is 23.5. The monoisotopic (exact) mass is 295 g/mol. The molecule has 0 radical (unpaired) electrons. The van der Waals surface area contributed by atoms with Crippen LogP contribution in [0.3, 0.4) is 0 Å². The number of non-ortho nitro benzene ring substituents is 1. The molecule has 1 aromatic carbocycles. The van der Waals surface area contributed by atoms with Gasteiger partial charge in [-0.05, 0) is 12.5 Å². The van der Waals surface area contributed by atoms with Gasteiger partial charge in [-0.1, -0.05) is 6.92 Å². The topological polar surface area (TPSA) is 87.9 Å². The molecule has 1 unspecified atom stereocenters. The van der Waals surface area contributed by atoms with Gasteiger partial charge in [-0.2, -0.15) is 0 Å². The van der Waals surface area contributed by atoms with Crippen LogP contribution in [0, 0.1) is 10.1 Å². The zero-order valence-corrected chi connectivity index (χ0v) is 12.1. The molecule has 1 fully saturated rings. The van der Waals surface area contributed by atoms with Crippen LogP contribution in [0.5, 0.6) is 0 Å². The first-order chi connectivity index (χ1) is 10.1. The smallest absolute Gasteiger partial charge is 0.273 e. The largest absolute Gasteiger partial charge is 0.394 e. The summed E-state index contributed by atoms with van der Waals surface area (Å²) in [6, 6.07) is 5.02. The zero-order chi connectivity index (χ0) is 15.2. The lowest BCUT2D eigenvalue weighted by Crippen LogP contribution is -2.44. The zero-order valence-electron chi connectivity index (χ0n) is 12.1. The van der Waals surface area contributed by atoms with Crippen LogP contribution in [0.4, 0.5) is 17.1 Å². The molecule has 0 amide bonds. The van der Waals surface area contributed by atoms with Crippen LogP contribution in [0.2, 0.25) is 0 Å². The Morgan fingerprint density at radius 3 is 3.00 bits per heavy atom. The van der Waals surface area contributed by atoms with Gasteiger partial charge in [-0.25, -0.2) is 0 Å². The fraction of sp³-hybridized carbons (Fsp3) is 0.571. The lowest BCUT2D eigenvalue weighted by atomic mass is 10.2. The Hall–Kier alpha value is -1.86. The van der Waals surface area contributed by atoms with Gasteiger partial charge >= 0.3 is 0 Å². The summed E-state index contributed by atoms with van der Waals surface area (Å²) in [5.74, 6) is 0. The highest BCUT2D eigenvalue weighted by Gasteiger charge is 2.22. The van der Waals surface area contributed by atoms with Crippen molar-refractivity contribution in [2.75, 3.05) is 43.1 Å². The Labute approximate surface area is 123 Å². The minimum Gasteiger partial charge on any atom is -0.394 e. The van der Waals surface area contributed by atoms with Gasteiger partial charge in [0.1, 0.15) is 0 Å². The maximum Gasteiger partial charge on any atom is 0.273 e. The van der Waals surface area contributed by atoms with E-state index in [1.165, 1.54) is 0 Å². The van der Waals surface area contributed by atoms with Gasteiger partial charge in [0.05, 0.1) is 24.2 Å². The average Bonchev–Trinajstić information content (AvgIpc) is 2.52. The van der Waals surface area contributed by atoms with Gasteiger partial charge in [0.25, 0.3) is 5.69 Å². The first-order valence-corrected chi connectivity index (χ1v) is 7.14. The van der Waals surface area contributed by atoms with E-state index in [4.69, 9.17) is 4.74 Å². The van der Waals surface area contributed by atoms with Crippen molar-refractivity contribution in [3.63, 3.8) is 0 Å². The van der Waals surface area contributed by atoms with Crippen molar-refractivity contribution in [2.45, 2.75) is 19.4 Å². The van der Waals surface area contributed by atoms with Crippen molar-refractivity contribution in [1.29, 1.82) is 0 Å². The summed E-state index contributed by atoms with van der Waals surface area (Å²) in [6.45, 7) is 4.45. The number of aliphatic hydroxyl groups excluding tert-OH is 1. The molecule has 0 aliphatic carbocycles. The van der Waals surface area contributed by atoms with Crippen LogP contribution in [0.25, 0.3) is 0 Å². The van der Waals surface area contributed by atoms with E-state index in [1.807, 2.05) is 17.9 Å². The van der Waals surface area contributed by atoms with E-state index in [9.17, 15) is 15.2 Å². The number of aliphatic hydroxyl groups is 1. The molecule has 1 heterocycles. The van der Waals surface area contributed by atoms with E-state index in [1.54, 1.807) is 12.1 Å². The van der Waals surface area contributed by atoms with Crippen molar-refractivity contribution in [3.05, 3.63) is 28.3 Å². The average molecular weight is 295 g/mol. The number of hydrogen-bond donors (Lipinski definition) is 2. The van der Waals surface area contributed by atoms with E-state index < -0.39 is 0 Å². The maximum absolute atomic E-state index is 11.1. The molecule has 0 spiro atoms. The summed E-state index contributed by atoms with van der Waals surface area (Å²) < 4.78 is 5.41. The van der Waals surface area contributed by atoms with Gasteiger partial charge in [0.2, 0.25) is 0 Å². The second kappa shape index (κ2) is 7.24. The molecule has 21 heavy (non-hydrogen) atoms. The number of morpholine rings is 1. The molecule has 2 N–H and O–H groups in total. The Morgan fingerprint density at radius 1 is 1.52 bits per heavy atom. The van der Waals surface area contributed by atoms with Gasteiger partial charge in [-0.3, -0.25) is 10.1 Å². The molecule has 1 atom stereocenters. The number of rotatable bonds is 6. The summed E-state index contributed by atoms with van der Waals surface area (Å²) in [5.41, 5.74) is 1.59.